The number of nitrogens with zero attached hydrogens (tertiary/aromatic N) is 1. The minimum absolute atomic E-state index is 0.358. The first kappa shape index (κ1) is 5.56. The molecule has 0 unspecified atom stereocenters. The Hall–Kier alpha value is -0.440. The first-order chi connectivity index (χ1) is 2.91. The van der Waals surface area contributed by atoms with E-state index in [4.69, 9.17) is 5.73 Å². The molecular formula is C3H8N2O. The van der Waals surface area contributed by atoms with Crippen molar-refractivity contribution in [1.29, 1.82) is 0 Å². The number of hydrogen-bond acceptors (Lipinski definition) is 3. The van der Waals surface area contributed by atoms with E-state index >= 15 is 0 Å². The lowest BCUT2D eigenvalue weighted by Crippen LogP contribution is -1.99. The molecule has 0 aliphatic carbocycles. The average molecular weight is 88.1 g/mol. The average Bonchev–Trinajstić information content (AvgIpc) is 1.61. The van der Waals surface area contributed by atoms with Crippen LogP contribution in [0.3, 0.4) is 0 Å². The summed E-state index contributed by atoms with van der Waals surface area (Å²) in [7, 11) is 0. The van der Waals surface area contributed by atoms with Gasteiger partial charge in [0.05, 0.1) is 6.54 Å². The largest absolute Gasteiger partial charge is 0.330 e. The van der Waals surface area contributed by atoms with Gasteiger partial charge >= 0.3 is 0 Å². The molecule has 2 N–H and O–H groups in total. The van der Waals surface area contributed by atoms with Crippen LogP contribution in [0.25, 0.3) is 0 Å². The number of nitroso groups, excluding NO2 is 1. The zero-order valence-corrected chi connectivity index (χ0v) is 3.55. The van der Waals surface area contributed by atoms with Gasteiger partial charge < -0.3 is 5.73 Å². The normalized spacial score (nSPS) is 8.17. The van der Waals surface area contributed by atoms with E-state index in [0.717, 1.165) is 0 Å². The van der Waals surface area contributed by atoms with Crippen molar-refractivity contribution >= 4 is 0 Å². The summed E-state index contributed by atoms with van der Waals surface area (Å²) >= 11 is 0. The number of rotatable bonds is 3. The van der Waals surface area contributed by atoms with Crippen LogP contribution < -0.4 is 5.73 Å². The van der Waals surface area contributed by atoms with E-state index in [1.54, 1.807) is 0 Å². The predicted octanol–water partition coefficient (Wildman–Crippen LogP) is 0.102. The molecule has 36 valence electrons. The van der Waals surface area contributed by atoms with Gasteiger partial charge in [0.25, 0.3) is 0 Å². The molecule has 0 aromatic carbocycles. The second-order valence-electron chi connectivity index (χ2n) is 0.995. The molecule has 0 saturated heterocycles. The van der Waals surface area contributed by atoms with Gasteiger partial charge in [0.1, 0.15) is 0 Å². The monoisotopic (exact) mass is 88.1 g/mol. The lowest BCUT2D eigenvalue weighted by atomic mass is 10.4. The highest BCUT2D eigenvalue weighted by atomic mass is 16.3. The smallest absolute Gasteiger partial charge is 0.0823 e. The second kappa shape index (κ2) is 4.56. The summed E-state index contributed by atoms with van der Waals surface area (Å²) in [6.45, 7) is 0.919. The Labute approximate surface area is 36.5 Å². The summed E-state index contributed by atoms with van der Waals surface area (Å²) in [5.74, 6) is 0. The van der Waals surface area contributed by atoms with E-state index in [1.165, 1.54) is 0 Å². The van der Waals surface area contributed by atoms with Crippen LogP contribution in [0.15, 0.2) is 5.18 Å². The third-order valence-electron chi connectivity index (χ3n) is 0.454. The quantitative estimate of drug-likeness (QED) is 0.393. The molecule has 0 saturated carbocycles. The Morgan fingerprint density at radius 3 is 2.50 bits per heavy atom. The molecule has 0 heterocycles. The maximum absolute atomic E-state index is 9.26. The fourth-order valence-corrected chi connectivity index (χ4v) is 0.156. The highest BCUT2D eigenvalue weighted by Crippen LogP contribution is 1.71. The standard InChI is InChI=1S/C3H8N2O/c4-2-1-3-5-6/h1-4H2. The zero-order valence-electron chi connectivity index (χ0n) is 3.55. The minimum Gasteiger partial charge on any atom is -0.330 e. The van der Waals surface area contributed by atoms with Gasteiger partial charge in [0, 0.05) is 0 Å². The summed E-state index contributed by atoms with van der Waals surface area (Å²) < 4.78 is 0. The lowest BCUT2D eigenvalue weighted by Gasteiger charge is -1.79. The highest BCUT2D eigenvalue weighted by molar-refractivity contribution is 4.40. The molecule has 3 nitrogen and oxygen atoms in total. The lowest BCUT2D eigenvalue weighted by molar-refractivity contribution is 0.840. The molecule has 0 aliphatic rings. The minimum atomic E-state index is 0.358. The van der Waals surface area contributed by atoms with Crippen molar-refractivity contribution in [2.75, 3.05) is 13.1 Å². The van der Waals surface area contributed by atoms with Crippen molar-refractivity contribution in [1.82, 2.24) is 0 Å². The van der Waals surface area contributed by atoms with Gasteiger partial charge in [-0.15, -0.1) is 0 Å². The summed E-state index contributed by atoms with van der Waals surface area (Å²) in [5, 5.41) is 2.60. The Balaban J connectivity index is 2.49. The molecule has 6 heavy (non-hydrogen) atoms. The molecule has 0 atom stereocenters. The van der Waals surface area contributed by atoms with Gasteiger partial charge in [-0.2, -0.15) is 4.91 Å². The zero-order chi connectivity index (χ0) is 4.83. The van der Waals surface area contributed by atoms with Crippen molar-refractivity contribution in [3.63, 3.8) is 0 Å². The van der Waals surface area contributed by atoms with Gasteiger partial charge in [-0.3, -0.25) is 0 Å². The van der Waals surface area contributed by atoms with Crippen LogP contribution in [0.5, 0.6) is 0 Å². The summed E-state index contributed by atoms with van der Waals surface area (Å²) in [6.07, 6.45) is 0.712. The maximum Gasteiger partial charge on any atom is 0.0823 e. The Kier molecular flexibility index (Phi) is 4.23. The first-order valence-electron chi connectivity index (χ1n) is 1.91. The number of hydrogen-bond donors (Lipinski definition) is 1. The second-order valence-corrected chi connectivity index (χ2v) is 0.995. The van der Waals surface area contributed by atoms with Crippen molar-refractivity contribution in [3.05, 3.63) is 4.91 Å². The SMILES string of the molecule is NCCCN=O. The van der Waals surface area contributed by atoms with Crippen molar-refractivity contribution in [3.8, 4) is 0 Å². The van der Waals surface area contributed by atoms with Crippen LogP contribution in [0.1, 0.15) is 6.42 Å². The molecule has 0 aliphatic heterocycles. The van der Waals surface area contributed by atoms with Gasteiger partial charge in [-0.05, 0) is 13.0 Å². The Morgan fingerprint density at radius 1 is 1.67 bits per heavy atom. The van der Waals surface area contributed by atoms with Gasteiger partial charge in [0.2, 0.25) is 0 Å². The summed E-state index contributed by atoms with van der Waals surface area (Å²) in [5.41, 5.74) is 5.02. The van der Waals surface area contributed by atoms with Crippen molar-refractivity contribution < 1.29 is 0 Å². The van der Waals surface area contributed by atoms with Crippen LogP contribution >= 0.6 is 0 Å². The molecular weight excluding hydrogens is 80.0 g/mol. The van der Waals surface area contributed by atoms with Crippen LogP contribution in [0.4, 0.5) is 0 Å². The van der Waals surface area contributed by atoms with E-state index in [2.05, 4.69) is 5.18 Å². The van der Waals surface area contributed by atoms with Crippen LogP contribution in [-0.4, -0.2) is 13.1 Å². The maximum atomic E-state index is 9.26. The van der Waals surface area contributed by atoms with E-state index in [0.29, 0.717) is 19.5 Å². The van der Waals surface area contributed by atoms with Crippen LogP contribution in [-0.2, 0) is 0 Å². The molecule has 3 heteroatoms. The molecule has 0 amide bonds. The Morgan fingerprint density at radius 2 is 2.33 bits per heavy atom. The molecule has 0 spiro atoms. The molecule has 0 rings (SSSR count). The fraction of sp³-hybridized carbons (Fsp3) is 1.00. The predicted molar refractivity (Wildman–Crippen MR) is 24.3 cm³/mol. The Bertz CT molecular complexity index is 37.8. The molecule has 0 aromatic rings. The topological polar surface area (TPSA) is 55.4 Å². The van der Waals surface area contributed by atoms with Crippen LogP contribution in [0, 0.1) is 4.91 Å². The van der Waals surface area contributed by atoms with Crippen molar-refractivity contribution in [2.24, 2.45) is 10.9 Å². The number of nitrogens with two attached hydrogens (primary N) is 1. The molecule has 0 fully saturated rings. The van der Waals surface area contributed by atoms with E-state index < -0.39 is 0 Å². The summed E-state index contributed by atoms with van der Waals surface area (Å²) in [4.78, 5) is 9.26. The molecule has 0 aromatic heterocycles. The molecule has 0 radical (unpaired) electrons. The van der Waals surface area contributed by atoms with E-state index in [9.17, 15) is 4.91 Å². The summed E-state index contributed by atoms with van der Waals surface area (Å²) in [6, 6.07) is 0. The highest BCUT2D eigenvalue weighted by Gasteiger charge is 1.75. The van der Waals surface area contributed by atoms with Gasteiger partial charge in [-0.25, -0.2) is 0 Å². The van der Waals surface area contributed by atoms with Crippen molar-refractivity contribution in [2.45, 2.75) is 6.42 Å². The van der Waals surface area contributed by atoms with Gasteiger partial charge in [0.15, 0.2) is 0 Å². The third-order valence-corrected chi connectivity index (χ3v) is 0.454. The third kappa shape index (κ3) is 3.56. The van der Waals surface area contributed by atoms with E-state index in [1.807, 2.05) is 0 Å². The molecule has 0 bridgehead atoms. The first-order valence-corrected chi connectivity index (χ1v) is 1.91. The van der Waals surface area contributed by atoms with Crippen LogP contribution in [0.2, 0.25) is 0 Å². The fourth-order valence-electron chi connectivity index (χ4n) is 0.156. The van der Waals surface area contributed by atoms with Gasteiger partial charge in [-0.1, -0.05) is 5.18 Å². The van der Waals surface area contributed by atoms with E-state index in [-0.39, 0.29) is 0 Å².